The van der Waals surface area contributed by atoms with E-state index in [4.69, 9.17) is 4.74 Å². The predicted molar refractivity (Wildman–Crippen MR) is 124 cm³/mol. The first-order valence-electron chi connectivity index (χ1n) is 12.6. The number of piperidine rings is 1. The van der Waals surface area contributed by atoms with Gasteiger partial charge in [0.15, 0.2) is 0 Å². The fraction of sp³-hybridized carbons (Fsp3) is 1.00. The van der Waals surface area contributed by atoms with Gasteiger partial charge >= 0.3 is 0 Å². The summed E-state index contributed by atoms with van der Waals surface area (Å²) in [5.74, 6) is 0.767. The Hall–Kier alpha value is -0.360. The molecule has 4 aliphatic heterocycles. The van der Waals surface area contributed by atoms with Crippen LogP contribution in [0, 0.1) is 5.92 Å². The van der Waals surface area contributed by atoms with Crippen LogP contribution >= 0.6 is 0 Å². The molecule has 7 atom stereocenters. The molecule has 7 unspecified atom stereocenters. The molecular weight excluding hydrogens is 392 g/mol. The molecule has 0 bridgehead atoms. The molecule has 0 amide bonds. The Kier molecular flexibility index (Phi) is 8.58. The van der Waals surface area contributed by atoms with Gasteiger partial charge in [-0.15, -0.1) is 0 Å². The van der Waals surface area contributed by atoms with Gasteiger partial charge in [-0.1, -0.05) is 13.8 Å². The fourth-order valence-corrected chi connectivity index (χ4v) is 5.67. The van der Waals surface area contributed by atoms with Crippen molar-refractivity contribution in [3.8, 4) is 0 Å². The van der Waals surface area contributed by atoms with E-state index in [1.165, 1.54) is 12.8 Å². The van der Waals surface area contributed by atoms with Crippen LogP contribution in [0.2, 0.25) is 0 Å². The topological polar surface area (TPSA) is 79.1 Å². The lowest BCUT2D eigenvalue weighted by molar-refractivity contribution is -0.00426. The third-order valence-electron chi connectivity index (χ3n) is 7.59. The zero-order chi connectivity index (χ0) is 21.8. The molecule has 0 aromatic carbocycles. The van der Waals surface area contributed by atoms with Crippen LogP contribution in [0.3, 0.4) is 0 Å². The highest BCUT2D eigenvalue weighted by molar-refractivity contribution is 5.07. The molecule has 0 aromatic rings. The van der Waals surface area contributed by atoms with Crippen LogP contribution < -0.4 is 26.7 Å². The Balaban J connectivity index is 1.49. The van der Waals surface area contributed by atoms with Gasteiger partial charge in [0, 0.05) is 51.4 Å². The summed E-state index contributed by atoms with van der Waals surface area (Å²) < 4.78 is 5.70. The van der Waals surface area contributed by atoms with Gasteiger partial charge in [-0.2, -0.15) is 0 Å². The normalized spacial score (nSPS) is 40.8. The van der Waals surface area contributed by atoms with Crippen LogP contribution in [-0.4, -0.2) is 111 Å². The van der Waals surface area contributed by atoms with Crippen LogP contribution in [0.1, 0.15) is 40.0 Å². The fourth-order valence-electron chi connectivity index (χ4n) is 5.67. The van der Waals surface area contributed by atoms with E-state index in [1.807, 2.05) is 0 Å². The summed E-state index contributed by atoms with van der Waals surface area (Å²) in [4.78, 5) is 5.00. The molecule has 180 valence electrons. The summed E-state index contributed by atoms with van der Waals surface area (Å²) in [5.41, 5.74) is 3.81. The Labute approximate surface area is 188 Å². The van der Waals surface area contributed by atoms with Crippen LogP contribution in [0.25, 0.3) is 0 Å². The van der Waals surface area contributed by atoms with E-state index < -0.39 is 0 Å². The minimum Gasteiger partial charge on any atom is -0.380 e. The summed E-state index contributed by atoms with van der Waals surface area (Å²) in [5, 5.41) is 18.1. The second-order valence-electron chi connectivity index (χ2n) is 9.91. The molecular formula is C22H46N8O. The average molecular weight is 439 g/mol. The molecule has 4 rings (SSSR count). The van der Waals surface area contributed by atoms with Crippen LogP contribution in [0.5, 0.6) is 0 Å². The third-order valence-corrected chi connectivity index (χ3v) is 7.59. The zero-order valence-corrected chi connectivity index (χ0v) is 20.1. The Morgan fingerprint density at radius 2 is 1.90 bits per heavy atom. The molecule has 4 aliphatic rings. The number of fused-ring (bicyclic) bond motifs is 1. The van der Waals surface area contributed by atoms with Crippen molar-refractivity contribution in [3.05, 3.63) is 0 Å². The molecule has 4 fully saturated rings. The van der Waals surface area contributed by atoms with Crippen molar-refractivity contribution in [3.63, 3.8) is 0 Å². The molecule has 0 aliphatic carbocycles. The summed E-state index contributed by atoms with van der Waals surface area (Å²) in [6.45, 7) is 14.7. The lowest BCUT2D eigenvalue weighted by atomic mass is 9.94. The van der Waals surface area contributed by atoms with Gasteiger partial charge in [-0.05, 0) is 45.7 Å². The largest absolute Gasteiger partial charge is 0.380 e. The van der Waals surface area contributed by atoms with E-state index in [0.29, 0.717) is 24.3 Å². The van der Waals surface area contributed by atoms with Gasteiger partial charge in [-0.25, -0.2) is 10.4 Å². The second-order valence-corrected chi connectivity index (χ2v) is 9.91. The zero-order valence-electron chi connectivity index (χ0n) is 20.1. The molecule has 0 saturated carbocycles. The number of rotatable bonds is 8. The molecule has 0 spiro atoms. The number of hydrogen-bond donors (Lipinski definition) is 5. The predicted octanol–water partition coefficient (Wildman–Crippen LogP) is -0.656. The van der Waals surface area contributed by atoms with Crippen molar-refractivity contribution in [2.45, 2.75) is 76.8 Å². The van der Waals surface area contributed by atoms with Crippen LogP contribution in [0.4, 0.5) is 0 Å². The van der Waals surface area contributed by atoms with Crippen molar-refractivity contribution >= 4 is 0 Å². The maximum absolute atomic E-state index is 5.70. The Morgan fingerprint density at radius 1 is 1.10 bits per heavy atom. The third kappa shape index (κ3) is 5.77. The monoisotopic (exact) mass is 438 g/mol. The molecule has 4 saturated heterocycles. The smallest absolute Gasteiger partial charge is 0.116 e. The average Bonchev–Trinajstić information content (AvgIpc) is 3.12. The molecule has 9 heteroatoms. The molecule has 9 nitrogen and oxygen atoms in total. The number of likely N-dealkylation sites (N-methyl/N-ethyl adjacent to an activating group) is 1. The van der Waals surface area contributed by atoms with Gasteiger partial charge in [0.05, 0.1) is 25.0 Å². The van der Waals surface area contributed by atoms with Crippen molar-refractivity contribution < 1.29 is 4.74 Å². The Bertz CT molecular complexity index is 546. The van der Waals surface area contributed by atoms with Gasteiger partial charge in [0.1, 0.15) is 6.29 Å². The summed E-state index contributed by atoms with van der Waals surface area (Å²) in [6, 6.07) is 1.18. The van der Waals surface area contributed by atoms with E-state index in [-0.39, 0.29) is 12.5 Å². The number of hydrazine groups is 1. The van der Waals surface area contributed by atoms with Crippen molar-refractivity contribution in [1.82, 2.24) is 41.5 Å². The first kappa shape index (κ1) is 23.8. The number of ether oxygens (including phenoxy) is 1. The lowest BCUT2D eigenvalue weighted by Gasteiger charge is -2.49. The van der Waals surface area contributed by atoms with Crippen molar-refractivity contribution in [1.29, 1.82) is 0 Å². The molecule has 4 heterocycles. The standard InChI is InChI=1S/C22H46N8O/c1-5-17-19-20(30(27-17)13-14-31-6-2)21(24-18-15-16(3)7-8-23-18)26-22(25-19)29-11-9-28(4)10-12-29/h16-27H,5-15H2,1-4H3. The highest BCUT2D eigenvalue weighted by Crippen LogP contribution is 2.25. The first-order valence-corrected chi connectivity index (χ1v) is 12.6. The van der Waals surface area contributed by atoms with Crippen LogP contribution in [0.15, 0.2) is 0 Å². The minimum absolute atomic E-state index is 0.205. The summed E-state index contributed by atoms with van der Waals surface area (Å²) >= 11 is 0. The van der Waals surface area contributed by atoms with E-state index in [1.54, 1.807) is 0 Å². The quantitative estimate of drug-likeness (QED) is 0.318. The highest BCUT2D eigenvalue weighted by Gasteiger charge is 2.50. The maximum Gasteiger partial charge on any atom is 0.116 e. The SMILES string of the molecule is CCOCCN1NC(CC)C2NC(N3CCN(C)CC3)NC(NC3CC(C)CCN3)C21. The second kappa shape index (κ2) is 11.2. The Morgan fingerprint density at radius 3 is 2.61 bits per heavy atom. The van der Waals surface area contributed by atoms with E-state index >= 15 is 0 Å². The van der Waals surface area contributed by atoms with Gasteiger partial charge < -0.3 is 15.0 Å². The van der Waals surface area contributed by atoms with Gasteiger partial charge in [0.2, 0.25) is 0 Å². The highest BCUT2D eigenvalue weighted by atomic mass is 16.5. The first-order chi connectivity index (χ1) is 15.1. The summed E-state index contributed by atoms with van der Waals surface area (Å²) in [7, 11) is 2.22. The molecule has 31 heavy (non-hydrogen) atoms. The van der Waals surface area contributed by atoms with E-state index in [2.05, 4.69) is 69.3 Å². The molecule has 5 N–H and O–H groups in total. The van der Waals surface area contributed by atoms with Crippen LogP contribution in [-0.2, 0) is 4.74 Å². The maximum atomic E-state index is 5.70. The summed E-state index contributed by atoms with van der Waals surface area (Å²) in [6.07, 6.45) is 4.35. The number of nitrogens with one attached hydrogen (secondary N) is 5. The van der Waals surface area contributed by atoms with E-state index in [0.717, 1.165) is 64.8 Å². The van der Waals surface area contributed by atoms with Crippen molar-refractivity contribution in [2.75, 3.05) is 59.5 Å². The number of hydrogen-bond acceptors (Lipinski definition) is 9. The van der Waals surface area contributed by atoms with E-state index in [9.17, 15) is 0 Å². The van der Waals surface area contributed by atoms with Gasteiger partial charge in [-0.3, -0.25) is 20.9 Å². The number of nitrogens with zero attached hydrogens (tertiary/aromatic N) is 3. The van der Waals surface area contributed by atoms with Gasteiger partial charge in [0.25, 0.3) is 0 Å². The van der Waals surface area contributed by atoms with Crippen molar-refractivity contribution in [2.24, 2.45) is 5.92 Å². The minimum atomic E-state index is 0.205. The molecule has 0 aromatic heterocycles. The molecule has 0 radical (unpaired) electrons. The lowest BCUT2D eigenvalue weighted by Crippen LogP contribution is -2.77. The number of piperazine rings is 1.